The van der Waals surface area contributed by atoms with Gasteiger partial charge in [-0.05, 0) is 78.9 Å². The summed E-state index contributed by atoms with van der Waals surface area (Å²) in [5.41, 5.74) is 4.86. The predicted molar refractivity (Wildman–Crippen MR) is 132 cm³/mol. The monoisotopic (exact) mass is 474 g/mol. The molecular weight excluding hydrogens is 452 g/mol. The van der Waals surface area contributed by atoms with Crippen molar-refractivity contribution in [1.29, 1.82) is 0 Å². The number of rotatable bonds is 5. The number of nitrogens with zero attached hydrogens (tertiary/aromatic N) is 1. The summed E-state index contributed by atoms with van der Waals surface area (Å²) in [5, 5.41) is 2.64. The quantitative estimate of drug-likeness (QED) is 0.390. The fraction of sp³-hybridized carbons (Fsp3) is 0.148. The van der Waals surface area contributed by atoms with Crippen LogP contribution in [0.3, 0.4) is 0 Å². The third-order valence-corrected chi connectivity index (χ3v) is 6.16. The summed E-state index contributed by atoms with van der Waals surface area (Å²) in [6.45, 7) is 6.26. The molecule has 0 saturated carbocycles. The van der Waals surface area contributed by atoms with E-state index in [1.807, 2.05) is 6.07 Å². The van der Waals surface area contributed by atoms with Gasteiger partial charge in [-0.2, -0.15) is 0 Å². The van der Waals surface area contributed by atoms with Crippen molar-refractivity contribution in [3.05, 3.63) is 99.1 Å². The Morgan fingerprint density at radius 3 is 2.38 bits per heavy atom. The molecule has 1 aliphatic rings. The van der Waals surface area contributed by atoms with Crippen molar-refractivity contribution in [1.82, 2.24) is 5.32 Å². The molecular formula is C27H23ClN2O4. The van der Waals surface area contributed by atoms with Crippen molar-refractivity contribution in [3.63, 3.8) is 0 Å². The minimum absolute atomic E-state index is 0.150. The van der Waals surface area contributed by atoms with Gasteiger partial charge < -0.3 is 4.74 Å². The molecule has 0 spiro atoms. The first-order chi connectivity index (χ1) is 16.2. The molecule has 4 amide bonds. The molecule has 6 nitrogen and oxygen atoms in total. The first-order valence-electron chi connectivity index (χ1n) is 10.7. The molecule has 0 aliphatic carbocycles. The van der Waals surface area contributed by atoms with Crippen LogP contribution in [0.2, 0.25) is 5.02 Å². The number of carbonyl (C=O) groups is 3. The second-order valence-corrected chi connectivity index (χ2v) is 8.53. The van der Waals surface area contributed by atoms with Crippen LogP contribution in [0.5, 0.6) is 5.75 Å². The minimum Gasteiger partial charge on any atom is -0.489 e. The van der Waals surface area contributed by atoms with E-state index in [1.54, 1.807) is 49.4 Å². The average molecular weight is 475 g/mol. The van der Waals surface area contributed by atoms with Crippen molar-refractivity contribution in [2.75, 3.05) is 4.90 Å². The molecule has 34 heavy (non-hydrogen) atoms. The highest BCUT2D eigenvalue weighted by Gasteiger charge is 2.37. The van der Waals surface area contributed by atoms with E-state index < -0.39 is 17.8 Å². The largest absolute Gasteiger partial charge is 0.489 e. The van der Waals surface area contributed by atoms with Gasteiger partial charge in [-0.15, -0.1) is 0 Å². The Balaban J connectivity index is 1.53. The fourth-order valence-electron chi connectivity index (χ4n) is 3.60. The van der Waals surface area contributed by atoms with E-state index >= 15 is 0 Å². The molecule has 172 valence electrons. The van der Waals surface area contributed by atoms with Gasteiger partial charge in [-0.25, -0.2) is 9.69 Å². The van der Waals surface area contributed by atoms with Crippen LogP contribution in [0.15, 0.2) is 66.2 Å². The molecule has 1 N–H and O–H groups in total. The zero-order valence-corrected chi connectivity index (χ0v) is 19.8. The highest BCUT2D eigenvalue weighted by molar-refractivity contribution is 6.39. The van der Waals surface area contributed by atoms with Crippen LogP contribution in [-0.2, 0) is 16.2 Å². The standard InChI is InChI=1S/C27H23ClN2O4/c1-16-7-8-20(13-17(16)2)15-34-21-11-9-19(10-12-21)14-22-25(31)29-27(33)30(26(22)32)24-6-4-5-23(28)18(24)3/h4-14H,15H2,1-3H3,(H,29,31,33)/b22-14+. The Morgan fingerprint density at radius 1 is 0.941 bits per heavy atom. The van der Waals surface area contributed by atoms with Crippen molar-refractivity contribution in [3.8, 4) is 5.75 Å². The molecule has 1 fully saturated rings. The number of benzene rings is 3. The summed E-state index contributed by atoms with van der Waals surface area (Å²) in [6, 6.07) is 17.3. The smallest absolute Gasteiger partial charge is 0.335 e. The third-order valence-electron chi connectivity index (χ3n) is 5.75. The van der Waals surface area contributed by atoms with E-state index in [4.69, 9.17) is 16.3 Å². The molecule has 7 heteroatoms. The maximum absolute atomic E-state index is 13.1. The molecule has 1 saturated heterocycles. The van der Waals surface area contributed by atoms with Crippen LogP contribution < -0.4 is 15.0 Å². The van der Waals surface area contributed by atoms with E-state index in [0.717, 1.165) is 10.5 Å². The summed E-state index contributed by atoms with van der Waals surface area (Å²) in [7, 11) is 0. The van der Waals surface area contributed by atoms with Gasteiger partial charge in [0.15, 0.2) is 0 Å². The molecule has 0 bridgehead atoms. The number of nitrogens with one attached hydrogen (secondary N) is 1. The topological polar surface area (TPSA) is 75.7 Å². The number of barbiturate groups is 1. The number of imide groups is 2. The number of urea groups is 1. The lowest BCUT2D eigenvalue weighted by molar-refractivity contribution is -0.122. The Hall–Kier alpha value is -3.90. The summed E-state index contributed by atoms with van der Waals surface area (Å²) < 4.78 is 5.86. The van der Waals surface area contributed by atoms with Gasteiger partial charge in [-0.1, -0.05) is 48.0 Å². The lowest BCUT2D eigenvalue weighted by atomic mass is 10.1. The molecule has 0 atom stereocenters. The van der Waals surface area contributed by atoms with Crippen molar-refractivity contribution in [2.45, 2.75) is 27.4 Å². The zero-order valence-electron chi connectivity index (χ0n) is 19.0. The maximum Gasteiger partial charge on any atom is 0.335 e. The molecule has 0 aromatic heterocycles. The van der Waals surface area contributed by atoms with Crippen LogP contribution in [0.4, 0.5) is 10.5 Å². The molecule has 0 unspecified atom stereocenters. The van der Waals surface area contributed by atoms with Crippen molar-refractivity contribution >= 4 is 41.2 Å². The number of anilines is 1. The second-order valence-electron chi connectivity index (χ2n) is 8.12. The Labute approximate surface area is 202 Å². The Morgan fingerprint density at radius 2 is 1.68 bits per heavy atom. The SMILES string of the molecule is Cc1ccc(COc2ccc(/C=C3\C(=O)NC(=O)N(c4cccc(Cl)c4C)C3=O)cc2)cc1C. The van der Waals surface area contributed by atoms with Gasteiger partial charge in [0.05, 0.1) is 5.69 Å². The lowest BCUT2D eigenvalue weighted by Crippen LogP contribution is -2.54. The van der Waals surface area contributed by atoms with Crippen molar-refractivity contribution in [2.24, 2.45) is 0 Å². The van der Waals surface area contributed by atoms with Gasteiger partial charge in [0.2, 0.25) is 0 Å². The fourth-order valence-corrected chi connectivity index (χ4v) is 3.77. The van der Waals surface area contributed by atoms with Gasteiger partial charge in [0, 0.05) is 5.02 Å². The number of hydrogen-bond donors (Lipinski definition) is 1. The third kappa shape index (κ3) is 4.72. The summed E-state index contributed by atoms with van der Waals surface area (Å²) in [5.74, 6) is -0.804. The van der Waals surface area contributed by atoms with Gasteiger partial charge in [0.1, 0.15) is 17.9 Å². The normalized spacial score (nSPS) is 15.0. The molecule has 1 heterocycles. The van der Waals surface area contributed by atoms with Crippen LogP contribution in [0.1, 0.15) is 27.8 Å². The summed E-state index contributed by atoms with van der Waals surface area (Å²) in [6.07, 6.45) is 1.45. The molecule has 4 rings (SSSR count). The number of aryl methyl sites for hydroxylation is 2. The van der Waals surface area contributed by atoms with E-state index in [-0.39, 0.29) is 5.57 Å². The second kappa shape index (κ2) is 9.53. The summed E-state index contributed by atoms with van der Waals surface area (Å²) in [4.78, 5) is 38.9. The van der Waals surface area contributed by atoms with Crippen LogP contribution in [0.25, 0.3) is 6.08 Å². The highest BCUT2D eigenvalue weighted by Crippen LogP contribution is 2.29. The van der Waals surface area contributed by atoms with E-state index in [2.05, 4.69) is 31.3 Å². The van der Waals surface area contributed by atoms with E-state index in [1.165, 1.54) is 17.2 Å². The summed E-state index contributed by atoms with van der Waals surface area (Å²) >= 11 is 6.15. The number of ether oxygens (including phenoxy) is 1. The first-order valence-corrected chi connectivity index (χ1v) is 11.1. The zero-order chi connectivity index (χ0) is 24.4. The first kappa shape index (κ1) is 23.3. The average Bonchev–Trinajstić information content (AvgIpc) is 2.81. The molecule has 0 radical (unpaired) electrons. The molecule has 3 aromatic rings. The maximum atomic E-state index is 13.1. The number of hydrogen-bond acceptors (Lipinski definition) is 4. The number of halogens is 1. The number of amides is 4. The highest BCUT2D eigenvalue weighted by atomic mass is 35.5. The van der Waals surface area contributed by atoms with E-state index in [9.17, 15) is 14.4 Å². The molecule has 1 aliphatic heterocycles. The van der Waals surface area contributed by atoms with Crippen LogP contribution >= 0.6 is 11.6 Å². The Kier molecular flexibility index (Phi) is 6.52. The van der Waals surface area contributed by atoms with Gasteiger partial charge in [-0.3, -0.25) is 14.9 Å². The van der Waals surface area contributed by atoms with Crippen molar-refractivity contribution < 1.29 is 19.1 Å². The van der Waals surface area contributed by atoms with Crippen LogP contribution in [0, 0.1) is 20.8 Å². The van der Waals surface area contributed by atoms with Gasteiger partial charge in [0.25, 0.3) is 11.8 Å². The minimum atomic E-state index is -0.812. The van der Waals surface area contributed by atoms with Crippen LogP contribution in [-0.4, -0.2) is 17.8 Å². The Bertz CT molecular complexity index is 1330. The lowest BCUT2D eigenvalue weighted by Gasteiger charge is -2.27. The van der Waals surface area contributed by atoms with E-state index in [0.29, 0.717) is 34.2 Å². The number of carbonyl (C=O) groups excluding carboxylic acids is 3. The predicted octanol–water partition coefficient (Wildman–Crippen LogP) is 5.51. The molecule has 3 aromatic carbocycles. The van der Waals surface area contributed by atoms with Gasteiger partial charge >= 0.3 is 6.03 Å².